The Morgan fingerprint density at radius 1 is 0.667 bits per heavy atom. The lowest BCUT2D eigenvalue weighted by atomic mass is 10.0. The highest BCUT2D eigenvalue weighted by Gasteiger charge is 2.11. The standard InChI is InChI=1S/C22H48N4O/c1-2-3-4-5-6-7-8-9-10-11-12-22(27)21-26-19-17-24-15-13-23-14-16-25-18-20-26/h22-25,27H,2-21H2,1H3. The normalized spacial score (nSPS) is 19.3. The van der Waals surface area contributed by atoms with Gasteiger partial charge in [0.2, 0.25) is 0 Å². The van der Waals surface area contributed by atoms with E-state index in [4.69, 9.17) is 0 Å². The Bertz CT molecular complexity index is 292. The summed E-state index contributed by atoms with van der Waals surface area (Å²) in [7, 11) is 0. The fourth-order valence-electron chi connectivity index (χ4n) is 3.75. The monoisotopic (exact) mass is 384 g/mol. The molecule has 0 aromatic carbocycles. The van der Waals surface area contributed by atoms with Crippen molar-refractivity contribution in [1.82, 2.24) is 20.9 Å². The molecule has 5 heteroatoms. The molecule has 0 aromatic heterocycles. The number of nitrogens with zero attached hydrogens (tertiary/aromatic N) is 1. The molecular formula is C22H48N4O. The van der Waals surface area contributed by atoms with Crippen molar-refractivity contribution < 1.29 is 5.11 Å². The van der Waals surface area contributed by atoms with Crippen LogP contribution in [-0.2, 0) is 0 Å². The summed E-state index contributed by atoms with van der Waals surface area (Å²) in [4.78, 5) is 2.41. The Morgan fingerprint density at radius 2 is 1.11 bits per heavy atom. The van der Waals surface area contributed by atoms with E-state index in [1.165, 1.54) is 64.2 Å². The van der Waals surface area contributed by atoms with Crippen molar-refractivity contribution >= 4 is 0 Å². The predicted octanol–water partition coefficient (Wildman–Crippen LogP) is 2.74. The largest absolute Gasteiger partial charge is 0.392 e. The minimum absolute atomic E-state index is 0.173. The number of hydrogen-bond acceptors (Lipinski definition) is 5. The summed E-state index contributed by atoms with van der Waals surface area (Å²) in [6.07, 6.45) is 14.3. The number of aliphatic hydroxyl groups is 1. The van der Waals surface area contributed by atoms with Crippen LogP contribution in [0.25, 0.3) is 0 Å². The Hall–Kier alpha value is -0.200. The molecule has 1 fully saturated rings. The maximum atomic E-state index is 10.4. The van der Waals surface area contributed by atoms with E-state index in [1.54, 1.807) is 0 Å². The van der Waals surface area contributed by atoms with Gasteiger partial charge in [-0.05, 0) is 6.42 Å². The van der Waals surface area contributed by atoms with Crippen LogP contribution >= 0.6 is 0 Å². The average Bonchev–Trinajstić information content (AvgIpc) is 2.65. The zero-order valence-corrected chi connectivity index (χ0v) is 18.1. The van der Waals surface area contributed by atoms with Gasteiger partial charge in [0.15, 0.2) is 0 Å². The van der Waals surface area contributed by atoms with Crippen LogP contribution in [0.1, 0.15) is 77.6 Å². The number of nitrogens with one attached hydrogen (secondary N) is 3. The van der Waals surface area contributed by atoms with Crippen molar-refractivity contribution in [3.05, 3.63) is 0 Å². The summed E-state index contributed by atoms with van der Waals surface area (Å²) >= 11 is 0. The van der Waals surface area contributed by atoms with Crippen molar-refractivity contribution in [1.29, 1.82) is 0 Å². The number of unbranched alkanes of at least 4 members (excludes halogenated alkanes) is 9. The molecule has 1 heterocycles. The summed E-state index contributed by atoms with van der Waals surface area (Å²) in [5.74, 6) is 0. The third-order valence-corrected chi connectivity index (χ3v) is 5.53. The Balaban J connectivity index is 2.01. The fourth-order valence-corrected chi connectivity index (χ4v) is 3.75. The molecule has 27 heavy (non-hydrogen) atoms. The molecule has 162 valence electrons. The van der Waals surface area contributed by atoms with Crippen molar-refractivity contribution in [2.45, 2.75) is 83.7 Å². The fraction of sp³-hybridized carbons (Fsp3) is 1.00. The molecule has 1 atom stereocenters. The molecule has 0 radical (unpaired) electrons. The molecule has 0 aliphatic carbocycles. The van der Waals surface area contributed by atoms with Gasteiger partial charge >= 0.3 is 0 Å². The minimum Gasteiger partial charge on any atom is -0.392 e. The molecule has 0 amide bonds. The zero-order chi connectivity index (χ0) is 19.4. The molecule has 1 saturated heterocycles. The van der Waals surface area contributed by atoms with E-state index >= 15 is 0 Å². The van der Waals surface area contributed by atoms with Gasteiger partial charge < -0.3 is 21.1 Å². The van der Waals surface area contributed by atoms with Crippen LogP contribution in [0.4, 0.5) is 0 Å². The van der Waals surface area contributed by atoms with E-state index in [0.717, 1.165) is 65.3 Å². The lowest BCUT2D eigenvalue weighted by molar-refractivity contribution is 0.103. The van der Waals surface area contributed by atoms with Crippen LogP contribution in [0.5, 0.6) is 0 Å². The molecule has 0 spiro atoms. The van der Waals surface area contributed by atoms with Gasteiger partial charge in [-0.3, -0.25) is 4.90 Å². The molecule has 1 unspecified atom stereocenters. The SMILES string of the molecule is CCCCCCCCCCCCC(O)CN1CCNCCNCCNCC1. The van der Waals surface area contributed by atoms with Crippen LogP contribution < -0.4 is 16.0 Å². The van der Waals surface area contributed by atoms with E-state index in [9.17, 15) is 5.11 Å². The first-order valence-corrected chi connectivity index (χ1v) is 11.9. The van der Waals surface area contributed by atoms with Crippen molar-refractivity contribution in [2.24, 2.45) is 0 Å². The second kappa shape index (κ2) is 19.1. The maximum absolute atomic E-state index is 10.4. The average molecular weight is 385 g/mol. The Kier molecular flexibility index (Phi) is 17.6. The molecule has 1 aliphatic rings. The smallest absolute Gasteiger partial charge is 0.0667 e. The number of hydrogen-bond donors (Lipinski definition) is 4. The first kappa shape index (κ1) is 24.8. The van der Waals surface area contributed by atoms with E-state index in [2.05, 4.69) is 27.8 Å². The quantitative estimate of drug-likeness (QED) is 0.368. The molecule has 0 bridgehead atoms. The molecule has 1 rings (SSSR count). The number of aliphatic hydroxyl groups excluding tert-OH is 1. The van der Waals surface area contributed by atoms with Crippen LogP contribution in [0.3, 0.4) is 0 Å². The second-order valence-electron chi connectivity index (χ2n) is 8.18. The van der Waals surface area contributed by atoms with Crippen LogP contribution in [0.2, 0.25) is 0 Å². The van der Waals surface area contributed by atoms with E-state index in [-0.39, 0.29) is 6.10 Å². The molecule has 4 N–H and O–H groups in total. The highest BCUT2D eigenvalue weighted by molar-refractivity contribution is 4.69. The predicted molar refractivity (Wildman–Crippen MR) is 118 cm³/mol. The van der Waals surface area contributed by atoms with Crippen molar-refractivity contribution in [3.8, 4) is 0 Å². The van der Waals surface area contributed by atoms with Crippen molar-refractivity contribution in [3.63, 3.8) is 0 Å². The lowest BCUT2D eigenvalue weighted by Gasteiger charge is -2.26. The van der Waals surface area contributed by atoms with E-state index < -0.39 is 0 Å². The summed E-state index contributed by atoms with van der Waals surface area (Å²) in [6, 6.07) is 0. The Labute approximate surface area is 169 Å². The van der Waals surface area contributed by atoms with E-state index in [1.807, 2.05) is 0 Å². The highest BCUT2D eigenvalue weighted by Crippen LogP contribution is 2.12. The summed E-state index contributed by atoms with van der Waals surface area (Å²) in [5.41, 5.74) is 0. The number of β-amino-alcohol motifs (C(OH)–C–C–N with tert-alkyl or cyclic N) is 1. The van der Waals surface area contributed by atoms with Crippen LogP contribution in [0, 0.1) is 0 Å². The molecule has 5 nitrogen and oxygen atoms in total. The van der Waals surface area contributed by atoms with E-state index in [0.29, 0.717) is 0 Å². The van der Waals surface area contributed by atoms with Crippen LogP contribution in [-0.4, -0.2) is 75.0 Å². The van der Waals surface area contributed by atoms with Gasteiger partial charge in [-0.2, -0.15) is 0 Å². The summed E-state index contributed by atoms with van der Waals surface area (Å²) in [5, 5.41) is 20.8. The molecule has 0 saturated carbocycles. The lowest BCUT2D eigenvalue weighted by Crippen LogP contribution is -2.44. The van der Waals surface area contributed by atoms with Gasteiger partial charge in [0.05, 0.1) is 6.10 Å². The van der Waals surface area contributed by atoms with Crippen LogP contribution in [0.15, 0.2) is 0 Å². The third kappa shape index (κ3) is 16.5. The van der Waals surface area contributed by atoms with Gasteiger partial charge in [0.25, 0.3) is 0 Å². The Morgan fingerprint density at radius 3 is 1.63 bits per heavy atom. The third-order valence-electron chi connectivity index (χ3n) is 5.53. The maximum Gasteiger partial charge on any atom is 0.0667 e. The zero-order valence-electron chi connectivity index (χ0n) is 18.1. The number of rotatable bonds is 13. The second-order valence-corrected chi connectivity index (χ2v) is 8.18. The summed E-state index contributed by atoms with van der Waals surface area (Å²) < 4.78 is 0. The first-order valence-electron chi connectivity index (χ1n) is 11.9. The highest BCUT2D eigenvalue weighted by atomic mass is 16.3. The molecule has 1 aliphatic heterocycles. The van der Waals surface area contributed by atoms with Gasteiger partial charge in [0, 0.05) is 58.9 Å². The van der Waals surface area contributed by atoms with Crippen molar-refractivity contribution in [2.75, 3.05) is 58.9 Å². The van der Waals surface area contributed by atoms with Gasteiger partial charge in [-0.25, -0.2) is 0 Å². The van der Waals surface area contributed by atoms with Gasteiger partial charge in [-0.15, -0.1) is 0 Å². The summed E-state index contributed by atoms with van der Waals surface area (Å²) in [6.45, 7) is 11.3. The van der Waals surface area contributed by atoms with Gasteiger partial charge in [-0.1, -0.05) is 71.1 Å². The topological polar surface area (TPSA) is 59.6 Å². The minimum atomic E-state index is -0.173. The van der Waals surface area contributed by atoms with Gasteiger partial charge in [0.1, 0.15) is 0 Å². The molecule has 0 aromatic rings. The molecular weight excluding hydrogens is 336 g/mol. The first-order chi connectivity index (χ1) is 13.3.